The lowest BCUT2D eigenvalue weighted by Crippen LogP contribution is -2.85. The van der Waals surface area contributed by atoms with Crippen molar-refractivity contribution in [2.75, 3.05) is 0 Å². The standard InChI is InChI=1S/C12H24O14/c1-2-3-4-5-7(15,16)9(19,20)11(23,24)12(25,26)10(21,22)8(17,18)6(13)14/h15-26H,2-5H2,1H3,(H,13,14). The summed E-state index contributed by atoms with van der Waals surface area (Å²) in [7, 11) is 0. The summed E-state index contributed by atoms with van der Waals surface area (Å²) in [6.07, 6.45) is -0.431. The molecule has 0 saturated carbocycles. The van der Waals surface area contributed by atoms with Gasteiger partial charge < -0.3 is 66.4 Å². The number of rotatable bonds is 10. The van der Waals surface area contributed by atoms with Crippen LogP contribution >= 0.6 is 0 Å². The van der Waals surface area contributed by atoms with Crippen molar-refractivity contribution in [3.63, 3.8) is 0 Å². The topological polar surface area (TPSA) is 280 Å². The number of hydrogen-bond donors (Lipinski definition) is 13. The average Bonchev–Trinajstić information content (AvgIpc) is 2.46. The second-order valence-corrected chi connectivity index (χ2v) is 5.94. The first-order chi connectivity index (χ1) is 11.3. The van der Waals surface area contributed by atoms with E-state index in [1.807, 2.05) is 0 Å². The van der Waals surface area contributed by atoms with Crippen molar-refractivity contribution < 1.29 is 71.2 Å². The number of aliphatic carboxylic acids is 1. The van der Waals surface area contributed by atoms with Gasteiger partial charge in [0.1, 0.15) is 0 Å². The number of carboxylic acids is 1. The minimum atomic E-state index is -5.28. The maximum Gasteiger partial charge on any atom is 0.370 e. The maximum atomic E-state index is 10.6. The van der Waals surface area contributed by atoms with E-state index in [0.717, 1.165) is 0 Å². The van der Waals surface area contributed by atoms with Crippen LogP contribution in [0.3, 0.4) is 0 Å². The van der Waals surface area contributed by atoms with Crippen LogP contribution in [0.15, 0.2) is 0 Å². The van der Waals surface area contributed by atoms with Gasteiger partial charge in [0.2, 0.25) is 5.79 Å². The highest BCUT2D eigenvalue weighted by molar-refractivity contribution is 5.76. The summed E-state index contributed by atoms with van der Waals surface area (Å²) >= 11 is 0. The van der Waals surface area contributed by atoms with Gasteiger partial charge in [-0.1, -0.05) is 19.8 Å². The fourth-order valence-corrected chi connectivity index (χ4v) is 1.95. The predicted octanol–water partition coefficient (Wildman–Crippen LogP) is -6.26. The molecule has 0 fully saturated rings. The number of hydrogen-bond acceptors (Lipinski definition) is 13. The van der Waals surface area contributed by atoms with Gasteiger partial charge in [-0.25, -0.2) is 4.79 Å². The molecule has 0 atom stereocenters. The van der Waals surface area contributed by atoms with Crippen LogP contribution in [-0.4, -0.2) is 107 Å². The third-order valence-electron chi connectivity index (χ3n) is 3.93. The van der Waals surface area contributed by atoms with E-state index < -0.39 is 47.1 Å². The minimum absolute atomic E-state index is 0.172. The lowest BCUT2D eigenvalue weighted by molar-refractivity contribution is -0.557. The van der Waals surface area contributed by atoms with E-state index in [9.17, 15) is 55.9 Å². The molecular formula is C12H24O14. The molecule has 0 aromatic heterocycles. The fourth-order valence-electron chi connectivity index (χ4n) is 1.95. The van der Waals surface area contributed by atoms with Crippen molar-refractivity contribution >= 4 is 5.97 Å². The highest BCUT2D eigenvalue weighted by Crippen LogP contribution is 2.43. The van der Waals surface area contributed by atoms with E-state index >= 15 is 0 Å². The van der Waals surface area contributed by atoms with Gasteiger partial charge in [0.15, 0.2) is 0 Å². The summed E-state index contributed by atoms with van der Waals surface area (Å²) in [4.78, 5) is 10.6. The van der Waals surface area contributed by atoms with Crippen LogP contribution in [0.4, 0.5) is 0 Å². The molecule has 0 heterocycles. The summed E-state index contributed by atoms with van der Waals surface area (Å²) in [5.74, 6) is -32.2. The Balaban J connectivity index is 6.14. The van der Waals surface area contributed by atoms with Crippen molar-refractivity contribution in [3.05, 3.63) is 0 Å². The first-order valence-electron chi connectivity index (χ1n) is 7.17. The summed E-state index contributed by atoms with van der Waals surface area (Å²) in [6.45, 7) is 1.66. The quantitative estimate of drug-likeness (QED) is 0.122. The lowest BCUT2D eigenvalue weighted by atomic mass is 9.80. The smallest absolute Gasteiger partial charge is 0.370 e. The Hall–Kier alpha value is -1.01. The van der Waals surface area contributed by atoms with Gasteiger partial charge in [0.25, 0.3) is 23.1 Å². The molecule has 0 spiro atoms. The maximum absolute atomic E-state index is 10.6. The van der Waals surface area contributed by atoms with Gasteiger partial charge in [-0.3, -0.25) is 0 Å². The van der Waals surface area contributed by atoms with E-state index in [1.54, 1.807) is 6.92 Å². The Morgan fingerprint density at radius 1 is 0.654 bits per heavy atom. The predicted molar refractivity (Wildman–Crippen MR) is 74.8 cm³/mol. The van der Waals surface area contributed by atoms with E-state index in [-0.39, 0.29) is 12.8 Å². The zero-order chi connectivity index (χ0) is 21.4. The van der Waals surface area contributed by atoms with E-state index in [0.29, 0.717) is 6.42 Å². The van der Waals surface area contributed by atoms with Crippen molar-refractivity contribution in [2.45, 2.75) is 67.3 Å². The van der Waals surface area contributed by atoms with Crippen molar-refractivity contribution in [3.8, 4) is 0 Å². The molecule has 0 aromatic carbocycles. The van der Waals surface area contributed by atoms with Crippen LogP contribution in [0.1, 0.15) is 32.6 Å². The molecule has 13 N–H and O–H groups in total. The van der Waals surface area contributed by atoms with Gasteiger partial charge in [-0.15, -0.1) is 0 Å². The highest BCUT2D eigenvalue weighted by atomic mass is 16.7. The molecule has 0 aliphatic carbocycles. The minimum Gasteiger partial charge on any atom is -0.477 e. The molecule has 156 valence electrons. The van der Waals surface area contributed by atoms with Crippen LogP contribution in [0.5, 0.6) is 0 Å². The number of unbranched alkanes of at least 4 members (excludes halogenated alkanes) is 2. The lowest BCUT2D eigenvalue weighted by Gasteiger charge is -2.51. The normalized spacial score (nSPS) is 15.3. The van der Waals surface area contributed by atoms with Crippen LogP contribution in [0.25, 0.3) is 0 Å². The largest absolute Gasteiger partial charge is 0.477 e. The monoisotopic (exact) mass is 392 g/mol. The third-order valence-corrected chi connectivity index (χ3v) is 3.93. The molecule has 14 nitrogen and oxygen atoms in total. The summed E-state index contributed by atoms with van der Waals surface area (Å²) < 4.78 is 0. The third kappa shape index (κ3) is 3.55. The van der Waals surface area contributed by atoms with E-state index in [4.69, 9.17) is 15.3 Å². The zero-order valence-electron chi connectivity index (χ0n) is 13.6. The number of carbonyl (C=O) groups is 1. The summed E-state index contributed by atoms with van der Waals surface area (Å²) in [5.41, 5.74) is 0. The summed E-state index contributed by atoms with van der Waals surface area (Å²) in [5, 5.41) is 122. The molecule has 0 bridgehead atoms. The molecule has 14 heteroatoms. The molecule has 0 rings (SSSR count). The van der Waals surface area contributed by atoms with Crippen molar-refractivity contribution in [2.24, 2.45) is 0 Å². The Bertz CT molecular complexity index is 506. The van der Waals surface area contributed by atoms with Crippen LogP contribution in [-0.2, 0) is 4.79 Å². The number of aliphatic hydroxyl groups is 12. The second-order valence-electron chi connectivity index (χ2n) is 5.94. The summed E-state index contributed by atoms with van der Waals surface area (Å²) in [6, 6.07) is 0. The molecule has 0 radical (unpaired) electrons. The highest BCUT2D eigenvalue weighted by Gasteiger charge is 2.80. The van der Waals surface area contributed by atoms with Crippen molar-refractivity contribution in [1.29, 1.82) is 0 Å². The molecule has 26 heavy (non-hydrogen) atoms. The van der Waals surface area contributed by atoms with E-state index in [1.165, 1.54) is 0 Å². The van der Waals surface area contributed by atoms with Gasteiger partial charge >= 0.3 is 11.8 Å². The first kappa shape index (κ1) is 25.0. The number of carboxylic acid groups (broad SMARTS) is 1. The fraction of sp³-hybridized carbons (Fsp3) is 0.917. The molecule has 0 aromatic rings. The van der Waals surface area contributed by atoms with Crippen LogP contribution in [0.2, 0.25) is 0 Å². The molecular weight excluding hydrogens is 368 g/mol. The van der Waals surface area contributed by atoms with Crippen molar-refractivity contribution in [1.82, 2.24) is 0 Å². The van der Waals surface area contributed by atoms with Gasteiger partial charge in [-0.2, -0.15) is 0 Å². The molecule has 0 unspecified atom stereocenters. The molecule has 0 saturated heterocycles. The average molecular weight is 392 g/mol. The molecule has 0 aliphatic rings. The molecule has 0 aliphatic heterocycles. The van der Waals surface area contributed by atoms with Crippen LogP contribution < -0.4 is 0 Å². The van der Waals surface area contributed by atoms with Crippen LogP contribution in [0, 0.1) is 0 Å². The first-order valence-corrected chi connectivity index (χ1v) is 7.17. The van der Waals surface area contributed by atoms with E-state index in [2.05, 4.69) is 0 Å². The second kappa shape index (κ2) is 7.19. The van der Waals surface area contributed by atoms with Gasteiger partial charge in [0.05, 0.1) is 0 Å². The SMILES string of the molecule is CCCCCC(O)(O)C(O)(O)C(O)(O)C(O)(O)C(O)(O)C(O)(O)C(=O)O. The Morgan fingerprint density at radius 3 is 1.38 bits per heavy atom. The van der Waals surface area contributed by atoms with Gasteiger partial charge in [-0.05, 0) is 6.42 Å². The molecule has 0 amide bonds. The zero-order valence-corrected chi connectivity index (χ0v) is 13.6. The Kier molecular flexibility index (Phi) is 6.91. The Labute approximate surface area is 145 Å². The Morgan fingerprint density at radius 2 is 1.04 bits per heavy atom. The van der Waals surface area contributed by atoms with Gasteiger partial charge in [0, 0.05) is 6.42 Å².